The number of rotatable bonds is 36. The van der Waals surface area contributed by atoms with E-state index in [9.17, 15) is 28.4 Å². The fourth-order valence-corrected chi connectivity index (χ4v) is 6.17. The van der Waals surface area contributed by atoms with Crippen LogP contribution in [0.15, 0.2) is 0 Å². The van der Waals surface area contributed by atoms with Crippen molar-refractivity contribution < 1.29 is 82.8 Å². The van der Waals surface area contributed by atoms with E-state index in [1.807, 2.05) is 0 Å². The summed E-state index contributed by atoms with van der Waals surface area (Å²) < 4.78 is 43.8. The van der Waals surface area contributed by atoms with Crippen LogP contribution in [0.2, 0.25) is 0 Å². The third-order valence-electron chi connectivity index (χ3n) is 8.15. The van der Waals surface area contributed by atoms with E-state index in [2.05, 4.69) is 34.3 Å². The Bertz CT molecular complexity index is 580. The van der Waals surface area contributed by atoms with Crippen molar-refractivity contribution in [2.24, 2.45) is 0 Å². The molecule has 0 saturated carbocycles. The van der Waals surface area contributed by atoms with Gasteiger partial charge in [0.15, 0.2) is 0 Å². The van der Waals surface area contributed by atoms with Crippen molar-refractivity contribution in [2.45, 2.75) is 213 Å². The van der Waals surface area contributed by atoms with E-state index in [4.69, 9.17) is 0 Å². The first kappa shape index (κ1) is 57.5. The molecule has 13 heteroatoms. The first-order valence-electron chi connectivity index (χ1n) is 19.8. The molecule has 295 valence electrons. The van der Waals surface area contributed by atoms with E-state index in [1.165, 1.54) is 154 Å². The van der Waals surface area contributed by atoms with Crippen molar-refractivity contribution in [2.75, 3.05) is 19.8 Å². The zero-order valence-corrected chi connectivity index (χ0v) is 38.2. The van der Waals surface area contributed by atoms with Crippen molar-refractivity contribution in [3.05, 3.63) is 0 Å². The van der Waals surface area contributed by atoms with Gasteiger partial charge >= 0.3 is 40.8 Å². The molecule has 49 heavy (non-hydrogen) atoms. The Morgan fingerprint density at radius 1 is 0.306 bits per heavy atom. The molecule has 0 aromatic carbocycles. The van der Waals surface area contributed by atoms with E-state index < -0.39 is 24.8 Å². The van der Waals surface area contributed by atoms with Gasteiger partial charge in [0.25, 0.3) is 0 Å². The van der Waals surface area contributed by atoms with E-state index >= 15 is 0 Å². The maximum Gasteiger partial charge on any atom is 3.00 e. The predicted molar refractivity (Wildman–Crippen MR) is 200 cm³/mol. The molecule has 0 spiro atoms. The molecule has 0 amide bonds. The third-order valence-corrected chi connectivity index (χ3v) is 9.47. The summed E-state index contributed by atoms with van der Waals surface area (Å²) in [6.07, 6.45) is 37.6. The Labute approximate surface area is 338 Å². The molecule has 0 aliphatic carbocycles. The summed E-state index contributed by atoms with van der Waals surface area (Å²) in [4.78, 5) is 30.3. The van der Waals surface area contributed by atoms with E-state index in [-0.39, 0.29) is 40.8 Å². The van der Waals surface area contributed by atoms with Gasteiger partial charge in [0.05, 0.1) is 19.8 Å². The number of hydrogen-bond donors (Lipinski definition) is 0. The van der Waals surface area contributed by atoms with Crippen molar-refractivity contribution in [1.82, 2.24) is 0 Å². The molecule has 0 aromatic heterocycles. The fourth-order valence-electron chi connectivity index (χ4n) is 5.24. The molecular formula is C36H78NdO9P3. The number of unbranched alkanes of at least 4 members (excludes halogenated alkanes) is 27. The van der Waals surface area contributed by atoms with Crippen LogP contribution in [-0.4, -0.2) is 19.8 Å². The molecule has 0 fully saturated rings. The second kappa shape index (κ2) is 54.1. The largest absolute Gasteiger partial charge is 3.00 e. The normalized spacial score (nSPS) is 12.6. The van der Waals surface area contributed by atoms with Gasteiger partial charge in [0.1, 0.15) is 24.8 Å². The molecule has 0 saturated heterocycles. The van der Waals surface area contributed by atoms with Crippen LogP contribution in [0, 0.1) is 40.8 Å². The maximum absolute atomic E-state index is 10.1. The molecule has 0 aliphatic rings. The molecule has 0 aliphatic heterocycles. The van der Waals surface area contributed by atoms with Gasteiger partial charge in [-0.2, -0.15) is 0 Å². The first-order chi connectivity index (χ1) is 23.3. The summed E-state index contributed by atoms with van der Waals surface area (Å²) in [5.74, 6) is 0. The first-order valence-corrected chi connectivity index (χ1v) is 23.5. The molecule has 0 heterocycles. The van der Waals surface area contributed by atoms with Crippen LogP contribution in [0.3, 0.4) is 0 Å². The summed E-state index contributed by atoms with van der Waals surface area (Å²) in [7, 11) is -8.83. The minimum absolute atomic E-state index is 0. The summed E-state index contributed by atoms with van der Waals surface area (Å²) >= 11 is 0. The minimum Gasteiger partial charge on any atom is -0.781 e. The third kappa shape index (κ3) is 68.4. The maximum atomic E-state index is 10.1. The quantitative estimate of drug-likeness (QED) is 0.0443. The van der Waals surface area contributed by atoms with Gasteiger partial charge in [-0.05, 0) is 19.3 Å². The van der Waals surface area contributed by atoms with Crippen LogP contribution in [0.25, 0.3) is 0 Å². The van der Waals surface area contributed by atoms with Gasteiger partial charge in [-0.3, -0.25) is 0 Å². The molecule has 3 atom stereocenters. The Morgan fingerprint density at radius 2 is 0.449 bits per heavy atom. The van der Waals surface area contributed by atoms with E-state index in [1.54, 1.807) is 0 Å². The SMILES string of the molecule is CCCCCCCCCCCCO[PH](=O)[O-].CCCCCCCCCCCCO[PH](=O)[O-].CCCCCCCCCCCCO[PH](=O)[O-].[Nd+3]. The van der Waals surface area contributed by atoms with Gasteiger partial charge in [0, 0.05) is 0 Å². The van der Waals surface area contributed by atoms with Crippen molar-refractivity contribution >= 4 is 24.8 Å². The second-order valence-electron chi connectivity index (χ2n) is 12.8. The predicted octanol–water partition coefficient (Wildman–Crippen LogP) is 11.0. The Morgan fingerprint density at radius 3 is 0.592 bits per heavy atom. The van der Waals surface area contributed by atoms with Crippen LogP contribution < -0.4 is 14.7 Å². The van der Waals surface area contributed by atoms with Crippen molar-refractivity contribution in [3.8, 4) is 0 Å². The van der Waals surface area contributed by atoms with Crippen molar-refractivity contribution in [1.29, 1.82) is 0 Å². The van der Waals surface area contributed by atoms with Gasteiger partial charge in [0.2, 0.25) is 0 Å². The average molecular weight is 892 g/mol. The smallest absolute Gasteiger partial charge is 0.781 e. The molecule has 9 nitrogen and oxygen atoms in total. The fraction of sp³-hybridized carbons (Fsp3) is 1.00. The monoisotopic (exact) mass is 889 g/mol. The summed E-state index contributed by atoms with van der Waals surface area (Å²) in [6, 6.07) is 0. The van der Waals surface area contributed by atoms with Crippen molar-refractivity contribution in [3.63, 3.8) is 0 Å². The molecular weight excluding hydrogens is 814 g/mol. The van der Waals surface area contributed by atoms with E-state index in [0.29, 0.717) is 19.8 Å². The Kier molecular flexibility index (Phi) is 63.6. The van der Waals surface area contributed by atoms with Crippen LogP contribution in [0.5, 0.6) is 0 Å². The van der Waals surface area contributed by atoms with E-state index in [0.717, 1.165) is 38.5 Å². The Balaban J connectivity index is -0.000000307. The summed E-state index contributed by atoms with van der Waals surface area (Å²) in [5.41, 5.74) is 0. The molecule has 0 rings (SSSR count). The van der Waals surface area contributed by atoms with Gasteiger partial charge in [-0.15, -0.1) is 0 Å². The van der Waals surface area contributed by atoms with Gasteiger partial charge in [-0.25, -0.2) is 0 Å². The van der Waals surface area contributed by atoms with Gasteiger partial charge in [-0.1, -0.05) is 194 Å². The summed E-state index contributed by atoms with van der Waals surface area (Å²) in [6.45, 7) is 7.82. The van der Waals surface area contributed by atoms with Crippen LogP contribution >= 0.6 is 24.8 Å². The topological polar surface area (TPSA) is 148 Å². The van der Waals surface area contributed by atoms with Gasteiger partial charge < -0.3 is 41.9 Å². The average Bonchev–Trinajstić information content (AvgIpc) is 3.05. The molecule has 0 N–H and O–H groups in total. The second-order valence-corrected chi connectivity index (χ2v) is 15.2. The molecule has 1 radical (unpaired) electrons. The zero-order chi connectivity index (χ0) is 36.2. The van der Waals surface area contributed by atoms with Crippen LogP contribution in [0.1, 0.15) is 213 Å². The minimum atomic E-state index is -2.94. The van der Waals surface area contributed by atoms with Crippen LogP contribution in [0.4, 0.5) is 0 Å². The standard InChI is InChI=1S/3C12H27O3P.Nd/c3*1-2-3-4-5-6-7-8-9-10-11-12-15-16(13)14;/h3*16H,2-12H2,1H3,(H,13,14);/q;;;+3/p-3. The molecule has 0 bridgehead atoms. The molecule has 0 aromatic rings. The summed E-state index contributed by atoms with van der Waals surface area (Å²) in [5, 5.41) is 0. The number of hydrogen-bond acceptors (Lipinski definition) is 9. The zero-order valence-electron chi connectivity index (χ0n) is 32.0. The Hall–Kier alpha value is 1.80. The molecule has 3 unspecified atom stereocenters. The van der Waals surface area contributed by atoms with Crippen LogP contribution in [-0.2, 0) is 27.3 Å².